The molecular weight excluding hydrogens is 932 g/mol. The lowest BCUT2D eigenvalue weighted by Crippen LogP contribution is -2.74. The lowest BCUT2D eigenvalue weighted by molar-refractivity contribution is -0.164. The Hall–Kier alpha value is -6.05. The van der Waals surface area contributed by atoms with Gasteiger partial charge in [0.05, 0.1) is 72.4 Å². The van der Waals surface area contributed by atoms with E-state index in [2.05, 4.69) is 68.0 Å². The van der Waals surface area contributed by atoms with Crippen LogP contribution >= 0.6 is 11.6 Å². The number of hydrogen-bond donors (Lipinski definition) is 2. The van der Waals surface area contributed by atoms with Gasteiger partial charge in [0.25, 0.3) is 11.8 Å². The van der Waals surface area contributed by atoms with Gasteiger partial charge in [-0.2, -0.15) is 15.2 Å². The minimum Gasteiger partial charge on any atom is -0.493 e. The van der Waals surface area contributed by atoms with E-state index in [4.69, 9.17) is 50.2 Å². The number of nitriles is 1. The van der Waals surface area contributed by atoms with Crippen LogP contribution in [0.25, 0.3) is 22.3 Å². The van der Waals surface area contributed by atoms with E-state index in [9.17, 15) is 14.9 Å². The molecule has 3 fully saturated rings. The van der Waals surface area contributed by atoms with E-state index in [-0.39, 0.29) is 46.9 Å². The summed E-state index contributed by atoms with van der Waals surface area (Å²) < 4.78 is 30.3. The third-order valence-electron chi connectivity index (χ3n) is 14.4. The zero-order valence-electron chi connectivity index (χ0n) is 43.3. The molecule has 0 unspecified atom stereocenters. The van der Waals surface area contributed by atoms with Gasteiger partial charge < -0.3 is 44.1 Å². The smallest absolute Gasteiger partial charge is 0.251 e. The van der Waals surface area contributed by atoms with Gasteiger partial charge in [0, 0.05) is 71.3 Å². The predicted molar refractivity (Wildman–Crippen MR) is 280 cm³/mol. The molecule has 1 aliphatic carbocycles. The molecule has 2 amide bonds. The first kappa shape index (κ1) is 52.3. The number of nitrogens with one attached hydrogen (secondary N) is 2. The quantitative estimate of drug-likeness (QED) is 0.0903. The number of pyridine rings is 1. The maximum Gasteiger partial charge on any atom is 0.251 e. The molecule has 0 spiro atoms. The number of carbonyl (C=O) groups is 2. The Balaban J connectivity index is 0.814. The summed E-state index contributed by atoms with van der Waals surface area (Å²) in [5.41, 5.74) is 1.74. The Bertz CT molecular complexity index is 2800. The number of anilines is 2. The number of morpholine rings is 2. The van der Waals surface area contributed by atoms with Gasteiger partial charge in [0.15, 0.2) is 5.65 Å². The van der Waals surface area contributed by atoms with Crippen LogP contribution in [0.2, 0.25) is 5.02 Å². The molecule has 0 bridgehead atoms. The van der Waals surface area contributed by atoms with Crippen LogP contribution in [0.15, 0.2) is 78.9 Å². The van der Waals surface area contributed by atoms with Gasteiger partial charge in [-0.15, -0.1) is 0 Å². The van der Waals surface area contributed by atoms with Gasteiger partial charge >= 0.3 is 0 Å². The molecule has 1 saturated carbocycles. The van der Waals surface area contributed by atoms with Crippen LogP contribution in [0.4, 0.5) is 11.8 Å². The van der Waals surface area contributed by atoms with Gasteiger partial charge in [-0.05, 0) is 109 Å². The molecule has 2 atom stereocenters. The van der Waals surface area contributed by atoms with E-state index in [1.165, 1.54) is 0 Å². The molecule has 16 heteroatoms. The van der Waals surface area contributed by atoms with Gasteiger partial charge in [-0.25, -0.2) is 4.98 Å². The summed E-state index contributed by atoms with van der Waals surface area (Å²) >= 11 is 6.26. The van der Waals surface area contributed by atoms with Crippen LogP contribution in [0.3, 0.4) is 0 Å². The first-order valence-corrected chi connectivity index (χ1v) is 25.4. The van der Waals surface area contributed by atoms with E-state index in [1.54, 1.807) is 42.5 Å². The Morgan fingerprint density at radius 2 is 1.49 bits per heavy atom. The molecule has 72 heavy (non-hydrogen) atoms. The molecule has 2 aliphatic heterocycles. The van der Waals surface area contributed by atoms with Crippen molar-refractivity contribution in [3.8, 4) is 28.8 Å². The van der Waals surface area contributed by atoms with Crippen LogP contribution in [0.5, 0.6) is 11.5 Å². The summed E-state index contributed by atoms with van der Waals surface area (Å²) in [7, 11) is 0. The van der Waals surface area contributed by atoms with E-state index in [1.807, 2.05) is 64.1 Å². The fourth-order valence-corrected chi connectivity index (χ4v) is 10.6. The van der Waals surface area contributed by atoms with Crippen molar-refractivity contribution in [2.75, 3.05) is 62.5 Å². The Labute approximate surface area is 428 Å². The number of hydrogen-bond acceptors (Lipinski definition) is 13. The number of fused-ring (bicyclic) bond motifs is 1. The number of halogens is 1. The zero-order chi connectivity index (χ0) is 51.6. The van der Waals surface area contributed by atoms with E-state index in [0.29, 0.717) is 110 Å². The molecule has 2 aromatic heterocycles. The highest BCUT2D eigenvalue weighted by atomic mass is 35.5. The first-order chi connectivity index (χ1) is 34.2. The van der Waals surface area contributed by atoms with Crippen LogP contribution in [0.1, 0.15) is 108 Å². The second kappa shape index (κ2) is 21.2. The van der Waals surface area contributed by atoms with Gasteiger partial charge in [-0.1, -0.05) is 51.4 Å². The topological polar surface area (TPSA) is 173 Å². The molecule has 4 heterocycles. The predicted octanol–water partition coefficient (Wildman–Crippen LogP) is 9.44. The highest BCUT2D eigenvalue weighted by molar-refractivity contribution is 6.31. The molecule has 0 radical (unpaired) electrons. The summed E-state index contributed by atoms with van der Waals surface area (Å²) in [6.07, 6.45) is 0.999. The minimum atomic E-state index is -0.563. The number of amides is 2. The molecule has 3 aromatic carbocycles. The molecule has 2 N–H and O–H groups in total. The van der Waals surface area contributed by atoms with Gasteiger partial charge in [0.2, 0.25) is 5.95 Å². The average Bonchev–Trinajstić information content (AvgIpc) is 3.34. The third kappa shape index (κ3) is 11.6. The Kier molecular flexibility index (Phi) is 15.4. The average molecular weight is 1000 g/mol. The lowest BCUT2D eigenvalue weighted by Gasteiger charge is -2.63. The van der Waals surface area contributed by atoms with Gasteiger partial charge in [-0.3, -0.25) is 9.59 Å². The molecule has 2 saturated heterocycles. The minimum absolute atomic E-state index is 0.120. The SMILES string of the molecule is C[C@@H]1COCCN1c1nc(N2CCOC[C@H]2C)c2ccc(-c3cccc(C(=O)NC(C)(C)CCOC(C)(C)CCOc4ccc(C(=O)NC5C(C)(C)C(Oc6ccc(C#N)c(Cl)c6)C5(C)C)cc4)c3)nc2n1. The number of carbonyl (C=O) groups excluding carboxylic acids is 2. The Morgan fingerprint density at radius 3 is 2.15 bits per heavy atom. The summed E-state index contributed by atoms with van der Waals surface area (Å²) in [5.74, 6) is 2.35. The number of nitrogens with zero attached hydrogens (tertiary/aromatic N) is 6. The third-order valence-corrected chi connectivity index (χ3v) is 14.7. The van der Waals surface area contributed by atoms with Crippen molar-refractivity contribution >= 4 is 46.2 Å². The lowest BCUT2D eigenvalue weighted by atomic mass is 9.49. The summed E-state index contributed by atoms with van der Waals surface area (Å²) in [4.78, 5) is 46.9. The molecule has 8 rings (SSSR count). The molecular formula is C56H69ClN8O7. The highest BCUT2D eigenvalue weighted by Crippen LogP contribution is 2.55. The molecule has 382 valence electrons. The van der Waals surface area contributed by atoms with Crippen molar-refractivity contribution in [1.82, 2.24) is 25.6 Å². The number of rotatable bonds is 17. The van der Waals surface area contributed by atoms with Crippen LogP contribution in [-0.4, -0.2) is 115 Å². The number of aromatic nitrogens is 3. The first-order valence-electron chi connectivity index (χ1n) is 25.0. The van der Waals surface area contributed by atoms with Crippen molar-refractivity contribution in [2.24, 2.45) is 10.8 Å². The Morgan fingerprint density at radius 1 is 0.806 bits per heavy atom. The second-order valence-electron chi connectivity index (χ2n) is 21.8. The maximum atomic E-state index is 13.8. The van der Waals surface area contributed by atoms with Crippen molar-refractivity contribution in [3.63, 3.8) is 0 Å². The summed E-state index contributed by atoms with van der Waals surface area (Å²) in [6, 6.07) is 25.9. The van der Waals surface area contributed by atoms with Crippen LogP contribution < -0.4 is 29.9 Å². The maximum absolute atomic E-state index is 13.8. The van der Waals surface area contributed by atoms with Crippen molar-refractivity contribution in [2.45, 2.75) is 117 Å². The zero-order valence-corrected chi connectivity index (χ0v) is 44.1. The van der Waals surface area contributed by atoms with Crippen molar-refractivity contribution < 1.29 is 33.3 Å². The highest BCUT2D eigenvalue weighted by Gasteiger charge is 2.64. The van der Waals surface area contributed by atoms with Crippen LogP contribution in [0, 0.1) is 22.2 Å². The number of ether oxygens (including phenoxy) is 5. The van der Waals surface area contributed by atoms with Gasteiger partial charge in [0.1, 0.15) is 29.5 Å². The van der Waals surface area contributed by atoms with Crippen molar-refractivity contribution in [3.05, 3.63) is 101 Å². The molecule has 3 aliphatic rings. The molecule has 5 aromatic rings. The van der Waals surface area contributed by atoms with Crippen LogP contribution in [-0.2, 0) is 14.2 Å². The number of benzene rings is 3. The monoisotopic (exact) mass is 1000 g/mol. The summed E-state index contributed by atoms with van der Waals surface area (Å²) in [5, 5.41) is 16.9. The van der Waals surface area contributed by atoms with E-state index in [0.717, 1.165) is 23.3 Å². The second-order valence-corrected chi connectivity index (χ2v) is 22.3. The van der Waals surface area contributed by atoms with Crippen molar-refractivity contribution in [1.29, 1.82) is 5.26 Å². The molecule has 15 nitrogen and oxygen atoms in total. The fourth-order valence-electron chi connectivity index (χ4n) is 10.4. The normalized spacial score (nSPS) is 20.8. The summed E-state index contributed by atoms with van der Waals surface area (Å²) in [6.45, 7) is 25.3. The fraction of sp³-hybridized carbons (Fsp3) is 0.500. The largest absolute Gasteiger partial charge is 0.493 e. The van der Waals surface area contributed by atoms with E-state index < -0.39 is 11.1 Å². The standard InChI is InChI=1S/C56H69ClN8O7/c1-35-33-68-28-24-64(35)47-43-20-21-45(59-46(43)60-52(61-47)65-25-29-69-34-36(65)2)38-12-11-13-39(30-38)49(67)63-53(3,4)22-27-71-54(5,6)23-26-70-41-17-14-37(15-18-41)48(66)62-50-55(7,8)51(56(50,9)10)72-42-19-16-40(32-58)44(57)31-42/h11-21,30-31,35-36,50-51H,22-29,33-34H2,1-10H3,(H,62,66)(H,63,67)/t35-,36-,50?,51?/m1/s1. The van der Waals surface area contributed by atoms with E-state index >= 15 is 0 Å².